The Bertz CT molecular complexity index is 533. The van der Waals surface area contributed by atoms with Crippen LogP contribution in [0.5, 0.6) is 5.75 Å². The lowest BCUT2D eigenvalue weighted by Gasteiger charge is -2.26. The second-order valence-electron chi connectivity index (χ2n) is 7.76. The van der Waals surface area contributed by atoms with Crippen molar-refractivity contribution in [2.45, 2.75) is 57.4 Å². The molecule has 0 bridgehead atoms. The van der Waals surface area contributed by atoms with Gasteiger partial charge < -0.3 is 9.64 Å². The first-order chi connectivity index (χ1) is 11.9. The van der Waals surface area contributed by atoms with Crippen LogP contribution in [0.4, 0.5) is 0 Å². The molecular weight excluding hydrogens is 296 g/mol. The van der Waals surface area contributed by atoms with E-state index in [0.29, 0.717) is 6.04 Å². The summed E-state index contributed by atoms with van der Waals surface area (Å²) in [5.74, 6) is 1.08. The quantitative estimate of drug-likeness (QED) is 0.734. The van der Waals surface area contributed by atoms with Crippen molar-refractivity contribution in [3.05, 3.63) is 29.3 Å². The van der Waals surface area contributed by atoms with Crippen LogP contribution in [0.2, 0.25) is 0 Å². The van der Waals surface area contributed by atoms with Gasteiger partial charge in [-0.1, -0.05) is 12.5 Å². The highest BCUT2D eigenvalue weighted by molar-refractivity contribution is 5.41. The van der Waals surface area contributed by atoms with E-state index in [9.17, 15) is 0 Å². The average Bonchev–Trinajstić information content (AvgIpc) is 3.28. The molecule has 1 atom stereocenters. The third-order valence-corrected chi connectivity index (χ3v) is 6.08. The minimum atomic E-state index is 0.652. The molecule has 2 saturated heterocycles. The lowest BCUT2D eigenvalue weighted by atomic mass is 10.1. The van der Waals surface area contributed by atoms with Crippen LogP contribution in [-0.2, 0) is 6.42 Å². The molecule has 2 aliphatic heterocycles. The molecule has 1 aromatic rings. The molecule has 3 heteroatoms. The van der Waals surface area contributed by atoms with Gasteiger partial charge in [-0.25, -0.2) is 0 Å². The van der Waals surface area contributed by atoms with Gasteiger partial charge in [-0.15, -0.1) is 0 Å². The predicted octanol–water partition coefficient (Wildman–Crippen LogP) is 4.02. The van der Waals surface area contributed by atoms with Crippen LogP contribution in [0, 0.1) is 0 Å². The topological polar surface area (TPSA) is 15.7 Å². The Balaban J connectivity index is 1.29. The van der Waals surface area contributed by atoms with Gasteiger partial charge in [-0.2, -0.15) is 0 Å². The van der Waals surface area contributed by atoms with Gasteiger partial charge in [0.1, 0.15) is 5.75 Å². The van der Waals surface area contributed by atoms with Gasteiger partial charge in [-0.3, -0.25) is 4.90 Å². The number of nitrogens with zero attached hydrogens (tertiary/aromatic N) is 2. The van der Waals surface area contributed by atoms with Crippen molar-refractivity contribution >= 4 is 0 Å². The van der Waals surface area contributed by atoms with E-state index in [1.165, 1.54) is 77.7 Å². The molecule has 0 N–H and O–H groups in total. The number of ether oxygens (including phenoxy) is 1. The number of benzene rings is 1. The molecule has 0 spiro atoms. The van der Waals surface area contributed by atoms with Crippen molar-refractivity contribution in [1.29, 1.82) is 0 Å². The summed E-state index contributed by atoms with van der Waals surface area (Å²) in [7, 11) is 0. The second kappa shape index (κ2) is 7.88. The lowest BCUT2D eigenvalue weighted by Crippen LogP contribution is -2.31. The van der Waals surface area contributed by atoms with Crippen molar-refractivity contribution in [2.75, 3.05) is 39.3 Å². The number of piperidine rings is 1. The molecule has 1 aliphatic carbocycles. The summed E-state index contributed by atoms with van der Waals surface area (Å²) in [6.45, 7) is 7.19. The van der Waals surface area contributed by atoms with Crippen LogP contribution in [0.15, 0.2) is 18.2 Å². The fourth-order valence-electron chi connectivity index (χ4n) is 4.74. The van der Waals surface area contributed by atoms with Crippen molar-refractivity contribution in [3.8, 4) is 5.75 Å². The van der Waals surface area contributed by atoms with Crippen molar-refractivity contribution in [2.24, 2.45) is 0 Å². The largest absolute Gasteiger partial charge is 0.494 e. The van der Waals surface area contributed by atoms with E-state index in [0.717, 1.165) is 18.8 Å². The van der Waals surface area contributed by atoms with E-state index in [1.807, 2.05) is 0 Å². The monoisotopic (exact) mass is 328 g/mol. The summed E-state index contributed by atoms with van der Waals surface area (Å²) in [6, 6.07) is 7.49. The van der Waals surface area contributed by atoms with Crippen LogP contribution in [-0.4, -0.2) is 49.1 Å². The summed E-state index contributed by atoms with van der Waals surface area (Å²) in [5.41, 5.74) is 3.10. The number of hydrogen-bond donors (Lipinski definition) is 0. The molecule has 3 nitrogen and oxygen atoms in total. The molecule has 0 radical (unpaired) electrons. The van der Waals surface area contributed by atoms with Gasteiger partial charge >= 0.3 is 0 Å². The molecule has 4 rings (SSSR count). The Kier molecular flexibility index (Phi) is 5.39. The predicted molar refractivity (Wildman–Crippen MR) is 98.7 cm³/mol. The highest BCUT2D eigenvalue weighted by Gasteiger charge is 2.29. The number of fused-ring (bicyclic) bond motifs is 1. The fourth-order valence-corrected chi connectivity index (χ4v) is 4.74. The normalized spacial score (nSPS) is 25.1. The molecule has 0 amide bonds. The zero-order chi connectivity index (χ0) is 16.2. The van der Waals surface area contributed by atoms with E-state index >= 15 is 0 Å². The fraction of sp³-hybridized carbons (Fsp3) is 0.714. The summed E-state index contributed by atoms with van der Waals surface area (Å²) in [5, 5.41) is 0. The van der Waals surface area contributed by atoms with Gasteiger partial charge in [-0.05, 0) is 94.4 Å². The molecule has 0 saturated carbocycles. The summed E-state index contributed by atoms with van der Waals surface area (Å²) < 4.78 is 6.09. The maximum atomic E-state index is 6.09. The lowest BCUT2D eigenvalue weighted by molar-refractivity contribution is 0.204. The van der Waals surface area contributed by atoms with Gasteiger partial charge in [0.05, 0.1) is 6.61 Å². The zero-order valence-electron chi connectivity index (χ0n) is 15.0. The first kappa shape index (κ1) is 16.4. The van der Waals surface area contributed by atoms with Crippen molar-refractivity contribution in [1.82, 2.24) is 9.80 Å². The highest BCUT2D eigenvalue weighted by Crippen LogP contribution is 2.39. The minimum absolute atomic E-state index is 0.652. The van der Waals surface area contributed by atoms with Gasteiger partial charge in [0.25, 0.3) is 0 Å². The standard InChI is InChI=1S/C21H32N2O/c1-2-11-22(12-3-1)13-6-16-24-19-9-7-18-8-10-21(20(18)17-19)23-14-4-5-15-23/h7,9,17,21H,1-6,8,10-16H2. The molecule has 24 heavy (non-hydrogen) atoms. The Morgan fingerprint density at radius 3 is 2.58 bits per heavy atom. The molecule has 1 aromatic carbocycles. The SMILES string of the molecule is c1cc2c(cc1OCCCN1CCCCC1)C(N1CCCC1)CC2. The second-order valence-corrected chi connectivity index (χ2v) is 7.76. The smallest absolute Gasteiger partial charge is 0.119 e. The molecule has 0 aromatic heterocycles. The number of rotatable bonds is 6. The van der Waals surface area contributed by atoms with E-state index in [2.05, 4.69) is 28.0 Å². The molecule has 2 heterocycles. The van der Waals surface area contributed by atoms with E-state index in [1.54, 1.807) is 11.1 Å². The minimum Gasteiger partial charge on any atom is -0.494 e. The van der Waals surface area contributed by atoms with Crippen LogP contribution < -0.4 is 4.74 Å². The molecule has 2 fully saturated rings. The Morgan fingerprint density at radius 2 is 1.75 bits per heavy atom. The summed E-state index contributed by atoms with van der Waals surface area (Å²) >= 11 is 0. The van der Waals surface area contributed by atoms with Crippen LogP contribution >= 0.6 is 0 Å². The maximum Gasteiger partial charge on any atom is 0.119 e. The summed E-state index contributed by atoms with van der Waals surface area (Å²) in [4.78, 5) is 5.28. The van der Waals surface area contributed by atoms with Crippen LogP contribution in [0.3, 0.4) is 0 Å². The number of likely N-dealkylation sites (tertiary alicyclic amines) is 2. The number of hydrogen-bond acceptors (Lipinski definition) is 3. The van der Waals surface area contributed by atoms with Crippen LogP contribution in [0.25, 0.3) is 0 Å². The third-order valence-electron chi connectivity index (χ3n) is 6.08. The molecule has 1 unspecified atom stereocenters. The molecular formula is C21H32N2O. The zero-order valence-corrected chi connectivity index (χ0v) is 15.0. The Morgan fingerprint density at radius 1 is 0.958 bits per heavy atom. The number of aryl methyl sites for hydroxylation is 1. The van der Waals surface area contributed by atoms with Gasteiger partial charge in [0.15, 0.2) is 0 Å². The van der Waals surface area contributed by atoms with Crippen molar-refractivity contribution in [3.63, 3.8) is 0 Å². The Labute approximate surface area is 147 Å². The third kappa shape index (κ3) is 3.78. The van der Waals surface area contributed by atoms with Crippen LogP contribution in [0.1, 0.15) is 62.1 Å². The van der Waals surface area contributed by atoms with Crippen molar-refractivity contribution < 1.29 is 4.74 Å². The van der Waals surface area contributed by atoms with Gasteiger partial charge in [0.2, 0.25) is 0 Å². The molecule has 132 valence electrons. The average molecular weight is 329 g/mol. The Hall–Kier alpha value is -1.06. The first-order valence-electron chi connectivity index (χ1n) is 10.1. The first-order valence-corrected chi connectivity index (χ1v) is 10.1. The maximum absolute atomic E-state index is 6.09. The van der Waals surface area contributed by atoms with Gasteiger partial charge in [0, 0.05) is 12.6 Å². The van der Waals surface area contributed by atoms with E-state index in [4.69, 9.17) is 4.74 Å². The van der Waals surface area contributed by atoms with E-state index in [-0.39, 0.29) is 0 Å². The van der Waals surface area contributed by atoms with E-state index < -0.39 is 0 Å². The highest BCUT2D eigenvalue weighted by atomic mass is 16.5. The molecule has 3 aliphatic rings. The summed E-state index contributed by atoms with van der Waals surface area (Å²) in [6.07, 6.45) is 10.6.